The maximum absolute atomic E-state index is 6.79. The summed E-state index contributed by atoms with van der Waals surface area (Å²) in [6, 6.07) is 73.6. The maximum Gasteiger partial charge on any atom is 0.132 e. The molecule has 1 nitrogen and oxygen atoms in total. The third-order valence-corrected chi connectivity index (χ3v) is 15.3. The molecule has 3 aliphatic carbocycles. The quantitative estimate of drug-likeness (QED) is 0.169. The van der Waals surface area contributed by atoms with E-state index in [1.807, 2.05) is 0 Å². The number of hydrogen-bond acceptors (Lipinski definition) is 1. The van der Waals surface area contributed by atoms with Crippen molar-refractivity contribution in [1.29, 1.82) is 0 Å². The van der Waals surface area contributed by atoms with E-state index in [4.69, 9.17) is 4.74 Å². The fraction of sp³-hybridized carbons (Fsp3) is 0.156. The van der Waals surface area contributed by atoms with Crippen LogP contribution in [0, 0.1) is 0 Å². The molecule has 0 atom stereocenters. The molecule has 13 rings (SSSR count). The molecule has 1 heteroatoms. The number of ether oxygens (including phenoxy) is 1. The van der Waals surface area contributed by atoms with E-state index in [0.29, 0.717) is 0 Å². The van der Waals surface area contributed by atoms with Crippen LogP contribution in [0.3, 0.4) is 0 Å². The van der Waals surface area contributed by atoms with Crippen LogP contribution in [0.2, 0.25) is 0 Å². The standard InChI is InChI=1S/C64H50O/c1-61(2,3)43-28-31-49-50-32-29-44(62(4,5)6)38-57(50)64(56(49)37-43)53-23-12-9-20-47(53)48-30-26-41(35-55(48)64)39-16-15-17-40(34-39)42-27-33-60-58(36-42)63(54-24-13-14-25-59(54)65-60)51-21-10-7-18-45(51)46-19-8-11-22-52(46)63/h7-38H,1-6H3. The predicted octanol–water partition coefficient (Wildman–Crippen LogP) is 16.4. The molecule has 9 aromatic carbocycles. The lowest BCUT2D eigenvalue weighted by Crippen LogP contribution is -2.32. The van der Waals surface area contributed by atoms with Gasteiger partial charge in [-0.25, -0.2) is 0 Å². The molecule has 0 amide bonds. The summed E-state index contributed by atoms with van der Waals surface area (Å²) in [4.78, 5) is 0. The Balaban J connectivity index is 1.00. The van der Waals surface area contributed by atoms with Gasteiger partial charge in [-0.1, -0.05) is 205 Å². The lowest BCUT2D eigenvalue weighted by molar-refractivity contribution is 0.436. The summed E-state index contributed by atoms with van der Waals surface area (Å²) in [7, 11) is 0. The molecule has 0 aromatic heterocycles. The van der Waals surface area contributed by atoms with Crippen molar-refractivity contribution in [2.24, 2.45) is 0 Å². The first-order chi connectivity index (χ1) is 31.5. The SMILES string of the molecule is CC(C)(C)c1ccc2c(c1)C1(c3ccccc3-c3ccc(-c4cccc(-c5ccc6c(c5)C5(c7ccccc7O6)c6ccccc6-c6ccccc65)c4)cc31)c1cc(C(C)(C)C)ccc1-2. The van der Waals surface area contributed by atoms with Crippen LogP contribution in [0.4, 0.5) is 0 Å². The highest BCUT2D eigenvalue weighted by molar-refractivity contribution is 5.97. The summed E-state index contributed by atoms with van der Waals surface area (Å²) in [5.41, 5.74) is 24.9. The summed E-state index contributed by atoms with van der Waals surface area (Å²) in [5.74, 6) is 1.81. The number of hydrogen-bond donors (Lipinski definition) is 0. The molecule has 0 fully saturated rings. The van der Waals surface area contributed by atoms with Gasteiger partial charge in [0.1, 0.15) is 11.5 Å². The van der Waals surface area contributed by atoms with Crippen molar-refractivity contribution in [1.82, 2.24) is 0 Å². The van der Waals surface area contributed by atoms with Crippen LogP contribution < -0.4 is 4.74 Å². The topological polar surface area (TPSA) is 9.23 Å². The highest BCUT2D eigenvalue weighted by Gasteiger charge is 2.53. The van der Waals surface area contributed by atoms with Crippen molar-refractivity contribution < 1.29 is 4.74 Å². The van der Waals surface area contributed by atoms with Gasteiger partial charge >= 0.3 is 0 Å². The summed E-state index contributed by atoms with van der Waals surface area (Å²) < 4.78 is 6.79. The Bertz CT molecular complexity index is 3380. The minimum Gasteiger partial charge on any atom is -0.457 e. The minimum atomic E-state index is -0.512. The Morgan fingerprint density at radius 3 is 1.17 bits per heavy atom. The van der Waals surface area contributed by atoms with Crippen LogP contribution >= 0.6 is 0 Å². The first kappa shape index (κ1) is 38.3. The lowest BCUT2D eigenvalue weighted by atomic mass is 9.66. The third kappa shape index (κ3) is 5.10. The second kappa shape index (κ2) is 13.2. The van der Waals surface area contributed by atoms with E-state index in [1.165, 1.54) is 111 Å². The molecular weight excluding hydrogens is 785 g/mol. The van der Waals surface area contributed by atoms with Gasteiger partial charge in [-0.15, -0.1) is 0 Å². The average Bonchev–Trinajstić information content (AvgIpc) is 3.91. The van der Waals surface area contributed by atoms with Gasteiger partial charge in [0, 0.05) is 11.1 Å². The van der Waals surface area contributed by atoms with Crippen LogP contribution in [-0.2, 0) is 21.7 Å². The van der Waals surface area contributed by atoms with Gasteiger partial charge in [0.05, 0.1) is 10.8 Å². The van der Waals surface area contributed by atoms with Crippen LogP contribution in [0.25, 0.3) is 55.6 Å². The predicted molar refractivity (Wildman–Crippen MR) is 268 cm³/mol. The minimum absolute atomic E-state index is 0.00117. The zero-order valence-electron chi connectivity index (χ0n) is 37.9. The van der Waals surface area contributed by atoms with Crippen molar-refractivity contribution in [2.45, 2.75) is 63.2 Å². The number of fused-ring (bicyclic) bond motifs is 19. The second-order valence-electron chi connectivity index (χ2n) is 20.8. The van der Waals surface area contributed by atoms with Crippen molar-refractivity contribution in [2.75, 3.05) is 0 Å². The monoisotopic (exact) mass is 834 g/mol. The van der Waals surface area contributed by atoms with Crippen molar-refractivity contribution in [3.05, 3.63) is 250 Å². The van der Waals surface area contributed by atoms with Gasteiger partial charge in [-0.2, -0.15) is 0 Å². The fourth-order valence-electron chi connectivity index (χ4n) is 12.2. The Labute approximate surface area is 383 Å². The largest absolute Gasteiger partial charge is 0.457 e. The van der Waals surface area contributed by atoms with Crippen molar-refractivity contribution in [3.8, 4) is 67.1 Å². The molecule has 0 radical (unpaired) electrons. The molecule has 1 aliphatic heterocycles. The van der Waals surface area contributed by atoms with E-state index in [1.54, 1.807) is 0 Å². The Hall–Kier alpha value is -7.22. The molecule has 0 bridgehead atoms. The van der Waals surface area contributed by atoms with Crippen LogP contribution in [-0.4, -0.2) is 0 Å². The Morgan fingerprint density at radius 2 is 0.646 bits per heavy atom. The van der Waals surface area contributed by atoms with Crippen LogP contribution in [0.15, 0.2) is 194 Å². The van der Waals surface area contributed by atoms with E-state index in [-0.39, 0.29) is 10.8 Å². The number of para-hydroxylation sites is 1. The van der Waals surface area contributed by atoms with Gasteiger partial charge in [0.25, 0.3) is 0 Å². The van der Waals surface area contributed by atoms with Gasteiger partial charge in [-0.3, -0.25) is 0 Å². The summed E-state index contributed by atoms with van der Waals surface area (Å²) in [6.45, 7) is 14.0. The highest BCUT2D eigenvalue weighted by atomic mass is 16.5. The van der Waals surface area contributed by atoms with Crippen molar-refractivity contribution >= 4 is 0 Å². The van der Waals surface area contributed by atoms with E-state index in [9.17, 15) is 0 Å². The number of benzene rings is 9. The summed E-state index contributed by atoms with van der Waals surface area (Å²) >= 11 is 0. The Morgan fingerprint density at radius 1 is 0.277 bits per heavy atom. The van der Waals surface area contributed by atoms with Gasteiger partial charge in [0.2, 0.25) is 0 Å². The molecule has 312 valence electrons. The van der Waals surface area contributed by atoms with Gasteiger partial charge < -0.3 is 4.74 Å². The molecule has 9 aromatic rings. The zero-order valence-corrected chi connectivity index (χ0v) is 37.9. The summed E-state index contributed by atoms with van der Waals surface area (Å²) in [5, 5.41) is 0. The summed E-state index contributed by atoms with van der Waals surface area (Å²) in [6.07, 6.45) is 0. The lowest BCUT2D eigenvalue weighted by Gasteiger charge is -2.39. The molecule has 0 saturated heterocycles. The molecule has 0 N–H and O–H groups in total. The molecule has 4 aliphatic rings. The second-order valence-corrected chi connectivity index (χ2v) is 20.8. The molecule has 0 unspecified atom stereocenters. The van der Waals surface area contributed by atoms with Crippen molar-refractivity contribution in [3.63, 3.8) is 0 Å². The van der Waals surface area contributed by atoms with Gasteiger partial charge in [-0.05, 0) is 141 Å². The van der Waals surface area contributed by atoms with Gasteiger partial charge in [0.15, 0.2) is 0 Å². The van der Waals surface area contributed by atoms with E-state index in [2.05, 4.69) is 236 Å². The normalized spacial score (nSPS) is 15.0. The first-order valence-electron chi connectivity index (χ1n) is 23.2. The molecule has 0 saturated carbocycles. The molecule has 65 heavy (non-hydrogen) atoms. The highest BCUT2D eigenvalue weighted by Crippen LogP contribution is 2.65. The smallest absolute Gasteiger partial charge is 0.132 e. The van der Waals surface area contributed by atoms with E-state index < -0.39 is 10.8 Å². The Kier molecular flexibility index (Phi) is 7.76. The number of rotatable bonds is 2. The first-order valence-corrected chi connectivity index (χ1v) is 23.2. The zero-order chi connectivity index (χ0) is 44.0. The van der Waals surface area contributed by atoms with Crippen LogP contribution in [0.1, 0.15) is 97.2 Å². The molecule has 1 heterocycles. The maximum atomic E-state index is 6.79. The van der Waals surface area contributed by atoms with E-state index in [0.717, 1.165) is 11.5 Å². The molecule has 2 spiro atoms. The average molecular weight is 835 g/mol. The fourth-order valence-corrected chi connectivity index (χ4v) is 12.2. The van der Waals surface area contributed by atoms with E-state index >= 15 is 0 Å². The third-order valence-electron chi connectivity index (χ3n) is 15.3. The molecular formula is C64H50O. The van der Waals surface area contributed by atoms with Crippen LogP contribution in [0.5, 0.6) is 11.5 Å².